The summed E-state index contributed by atoms with van der Waals surface area (Å²) in [6.07, 6.45) is 3.05. The Labute approximate surface area is 123 Å². The van der Waals surface area contributed by atoms with Gasteiger partial charge in [0, 0.05) is 24.4 Å². The van der Waals surface area contributed by atoms with Gasteiger partial charge >= 0.3 is 0 Å². The third-order valence-corrected chi connectivity index (χ3v) is 4.79. The highest BCUT2D eigenvalue weighted by molar-refractivity contribution is 7.09. The molecule has 0 aliphatic heterocycles. The number of nitrogens with zero attached hydrogens (tertiary/aromatic N) is 1. The quantitative estimate of drug-likeness (QED) is 0.909. The number of hydrogen-bond acceptors (Lipinski definition) is 3. The summed E-state index contributed by atoms with van der Waals surface area (Å²) < 4.78 is 13.6. The molecular formula is C16H19FN2S. The molecule has 0 spiro atoms. The van der Waals surface area contributed by atoms with E-state index in [9.17, 15) is 4.39 Å². The number of benzene rings is 1. The molecule has 0 unspecified atom stereocenters. The standard InChI is InChI=1S/C16H19FN2S/c1-11-19-13(10-20-11)6-7-18-14-8-12(9-14)15-4-2-3-5-16(15)17/h2-5,10,12,14,18H,6-9H2,1H3. The van der Waals surface area contributed by atoms with E-state index in [4.69, 9.17) is 0 Å². The Morgan fingerprint density at radius 3 is 2.85 bits per heavy atom. The summed E-state index contributed by atoms with van der Waals surface area (Å²) in [5.74, 6) is 0.323. The topological polar surface area (TPSA) is 24.9 Å². The molecule has 1 saturated carbocycles. The van der Waals surface area contributed by atoms with Crippen molar-refractivity contribution in [3.05, 3.63) is 51.7 Å². The van der Waals surface area contributed by atoms with Crippen LogP contribution in [0.1, 0.15) is 35.0 Å². The molecule has 1 fully saturated rings. The number of aromatic nitrogens is 1. The van der Waals surface area contributed by atoms with Crippen molar-refractivity contribution in [2.75, 3.05) is 6.54 Å². The van der Waals surface area contributed by atoms with Crippen LogP contribution in [0, 0.1) is 12.7 Å². The molecule has 3 rings (SSSR count). The molecule has 106 valence electrons. The Kier molecular flexibility index (Phi) is 4.13. The fourth-order valence-electron chi connectivity index (χ4n) is 2.77. The minimum Gasteiger partial charge on any atom is -0.314 e. The molecule has 0 amide bonds. The van der Waals surface area contributed by atoms with E-state index >= 15 is 0 Å². The van der Waals surface area contributed by atoms with Crippen LogP contribution in [0.25, 0.3) is 0 Å². The van der Waals surface area contributed by atoms with Crippen molar-refractivity contribution in [1.82, 2.24) is 10.3 Å². The molecule has 1 heterocycles. The zero-order valence-electron chi connectivity index (χ0n) is 11.6. The number of rotatable bonds is 5. The van der Waals surface area contributed by atoms with E-state index in [1.807, 2.05) is 19.1 Å². The second-order valence-electron chi connectivity index (χ2n) is 5.45. The van der Waals surface area contributed by atoms with Crippen molar-refractivity contribution in [2.45, 2.75) is 38.1 Å². The van der Waals surface area contributed by atoms with E-state index in [1.165, 1.54) is 5.69 Å². The normalized spacial score (nSPS) is 21.7. The summed E-state index contributed by atoms with van der Waals surface area (Å²) in [7, 11) is 0. The van der Waals surface area contributed by atoms with Gasteiger partial charge in [-0.2, -0.15) is 0 Å². The lowest BCUT2D eigenvalue weighted by atomic mass is 9.75. The highest BCUT2D eigenvalue weighted by Gasteiger charge is 2.31. The van der Waals surface area contributed by atoms with E-state index < -0.39 is 0 Å². The van der Waals surface area contributed by atoms with Crippen LogP contribution in [-0.4, -0.2) is 17.6 Å². The molecule has 2 aromatic rings. The average Bonchev–Trinajstić information content (AvgIpc) is 2.79. The molecular weight excluding hydrogens is 271 g/mol. The largest absolute Gasteiger partial charge is 0.314 e. The predicted octanol–water partition coefficient (Wildman–Crippen LogP) is 3.67. The molecule has 2 nitrogen and oxygen atoms in total. The molecule has 20 heavy (non-hydrogen) atoms. The van der Waals surface area contributed by atoms with Crippen molar-refractivity contribution in [3.8, 4) is 0 Å². The number of aryl methyl sites for hydroxylation is 1. The van der Waals surface area contributed by atoms with Crippen molar-refractivity contribution < 1.29 is 4.39 Å². The van der Waals surface area contributed by atoms with Gasteiger partial charge in [-0.3, -0.25) is 0 Å². The van der Waals surface area contributed by atoms with E-state index in [-0.39, 0.29) is 5.82 Å². The summed E-state index contributed by atoms with van der Waals surface area (Å²) in [5, 5.41) is 6.79. The van der Waals surface area contributed by atoms with Crippen molar-refractivity contribution >= 4 is 11.3 Å². The Morgan fingerprint density at radius 1 is 1.35 bits per heavy atom. The Morgan fingerprint density at radius 2 is 2.15 bits per heavy atom. The van der Waals surface area contributed by atoms with Crippen molar-refractivity contribution in [1.29, 1.82) is 0 Å². The van der Waals surface area contributed by atoms with Gasteiger partial charge in [-0.25, -0.2) is 9.37 Å². The highest BCUT2D eigenvalue weighted by atomic mass is 32.1. The SMILES string of the molecule is Cc1nc(CCNC2CC(c3ccccc3F)C2)cs1. The summed E-state index contributed by atoms with van der Waals surface area (Å²) in [4.78, 5) is 4.45. The lowest BCUT2D eigenvalue weighted by Crippen LogP contribution is -2.41. The van der Waals surface area contributed by atoms with Gasteiger partial charge in [0.1, 0.15) is 5.82 Å². The lowest BCUT2D eigenvalue weighted by molar-refractivity contribution is 0.287. The Balaban J connectivity index is 1.41. The lowest BCUT2D eigenvalue weighted by Gasteiger charge is -2.36. The van der Waals surface area contributed by atoms with Crippen LogP contribution < -0.4 is 5.32 Å². The van der Waals surface area contributed by atoms with Crippen molar-refractivity contribution in [3.63, 3.8) is 0 Å². The minimum absolute atomic E-state index is 0.0612. The first-order chi connectivity index (χ1) is 9.72. The molecule has 1 aliphatic rings. The molecule has 4 heteroatoms. The molecule has 1 aromatic carbocycles. The number of halogens is 1. The first-order valence-electron chi connectivity index (χ1n) is 7.11. The van der Waals surface area contributed by atoms with Gasteiger partial charge in [-0.15, -0.1) is 11.3 Å². The molecule has 0 saturated heterocycles. The van der Waals surface area contributed by atoms with Gasteiger partial charge in [-0.05, 0) is 37.3 Å². The highest BCUT2D eigenvalue weighted by Crippen LogP contribution is 2.37. The third-order valence-electron chi connectivity index (χ3n) is 3.96. The number of nitrogens with one attached hydrogen (secondary N) is 1. The van der Waals surface area contributed by atoms with E-state index in [1.54, 1.807) is 23.5 Å². The predicted molar refractivity (Wildman–Crippen MR) is 80.7 cm³/mol. The monoisotopic (exact) mass is 290 g/mol. The zero-order chi connectivity index (χ0) is 13.9. The number of thiazole rings is 1. The van der Waals surface area contributed by atoms with Gasteiger partial charge in [0.05, 0.1) is 10.7 Å². The Hall–Kier alpha value is -1.26. The third kappa shape index (κ3) is 3.07. The zero-order valence-corrected chi connectivity index (χ0v) is 12.4. The molecule has 1 aliphatic carbocycles. The minimum atomic E-state index is -0.0612. The fraction of sp³-hybridized carbons (Fsp3) is 0.438. The first kappa shape index (κ1) is 13.7. The second kappa shape index (κ2) is 6.02. The van der Waals surface area contributed by atoms with Gasteiger partial charge < -0.3 is 5.32 Å². The van der Waals surface area contributed by atoms with E-state index in [2.05, 4.69) is 15.7 Å². The molecule has 1 N–H and O–H groups in total. The smallest absolute Gasteiger partial charge is 0.126 e. The van der Waals surface area contributed by atoms with Crippen LogP contribution in [-0.2, 0) is 6.42 Å². The van der Waals surface area contributed by atoms with Crippen LogP contribution in [0.2, 0.25) is 0 Å². The summed E-state index contributed by atoms with van der Waals surface area (Å²) in [6, 6.07) is 7.67. The Bertz CT molecular complexity index is 575. The maximum atomic E-state index is 13.6. The maximum absolute atomic E-state index is 13.6. The van der Waals surface area contributed by atoms with Crippen LogP contribution in [0.3, 0.4) is 0 Å². The maximum Gasteiger partial charge on any atom is 0.126 e. The summed E-state index contributed by atoms with van der Waals surface area (Å²) in [6.45, 7) is 2.99. The average molecular weight is 290 g/mol. The van der Waals surface area contributed by atoms with E-state index in [0.29, 0.717) is 12.0 Å². The molecule has 0 radical (unpaired) electrons. The molecule has 1 aromatic heterocycles. The van der Waals surface area contributed by atoms with Crippen LogP contribution in [0.4, 0.5) is 4.39 Å². The van der Waals surface area contributed by atoms with Crippen LogP contribution in [0.15, 0.2) is 29.6 Å². The first-order valence-corrected chi connectivity index (χ1v) is 7.99. The molecule has 0 atom stereocenters. The van der Waals surface area contributed by atoms with Crippen LogP contribution >= 0.6 is 11.3 Å². The molecule has 0 bridgehead atoms. The second-order valence-corrected chi connectivity index (χ2v) is 6.51. The number of hydrogen-bond donors (Lipinski definition) is 1. The van der Waals surface area contributed by atoms with Crippen LogP contribution in [0.5, 0.6) is 0 Å². The summed E-state index contributed by atoms with van der Waals surface area (Å²) >= 11 is 1.70. The van der Waals surface area contributed by atoms with Crippen molar-refractivity contribution in [2.24, 2.45) is 0 Å². The summed E-state index contributed by atoms with van der Waals surface area (Å²) in [5.41, 5.74) is 2.05. The fourth-order valence-corrected chi connectivity index (χ4v) is 3.42. The van der Waals surface area contributed by atoms with Gasteiger partial charge in [0.2, 0.25) is 0 Å². The van der Waals surface area contributed by atoms with Gasteiger partial charge in [0.15, 0.2) is 0 Å². The van der Waals surface area contributed by atoms with Gasteiger partial charge in [0.25, 0.3) is 0 Å². The van der Waals surface area contributed by atoms with Gasteiger partial charge in [-0.1, -0.05) is 18.2 Å². The van der Waals surface area contributed by atoms with E-state index in [0.717, 1.165) is 36.4 Å².